The van der Waals surface area contributed by atoms with Gasteiger partial charge in [-0.1, -0.05) is 0 Å². The molecule has 26 heavy (non-hydrogen) atoms. The zero-order chi connectivity index (χ0) is 18.8. The normalized spacial score (nSPS) is 20.0. The SMILES string of the molecule is CC1CCC(C(=O)O)CN1C(=O)c1csc(-c2ccc([N+](=O)[O-])cc2)n1. The number of amides is 1. The van der Waals surface area contributed by atoms with Crippen LogP contribution in [0.5, 0.6) is 0 Å². The topological polar surface area (TPSA) is 114 Å². The van der Waals surface area contributed by atoms with E-state index in [1.807, 2.05) is 6.92 Å². The van der Waals surface area contributed by atoms with E-state index in [0.29, 0.717) is 23.4 Å². The Balaban J connectivity index is 1.79. The Labute approximate surface area is 153 Å². The highest BCUT2D eigenvalue weighted by Crippen LogP contribution is 2.28. The van der Waals surface area contributed by atoms with Crippen molar-refractivity contribution in [2.45, 2.75) is 25.8 Å². The van der Waals surface area contributed by atoms with E-state index in [2.05, 4.69) is 4.98 Å². The van der Waals surface area contributed by atoms with Crippen LogP contribution in [0.15, 0.2) is 29.6 Å². The summed E-state index contributed by atoms with van der Waals surface area (Å²) >= 11 is 1.27. The van der Waals surface area contributed by atoms with Crippen LogP contribution in [0.4, 0.5) is 5.69 Å². The maximum Gasteiger partial charge on any atom is 0.308 e. The van der Waals surface area contributed by atoms with Crippen LogP contribution in [0.3, 0.4) is 0 Å². The first kappa shape index (κ1) is 18.0. The second-order valence-electron chi connectivity index (χ2n) is 6.26. The number of carbonyl (C=O) groups excluding carboxylic acids is 1. The van der Waals surface area contributed by atoms with Gasteiger partial charge in [-0.25, -0.2) is 4.98 Å². The number of carboxylic acids is 1. The molecular weight excluding hydrogens is 358 g/mol. The van der Waals surface area contributed by atoms with Crippen molar-refractivity contribution < 1.29 is 19.6 Å². The van der Waals surface area contributed by atoms with Crippen molar-refractivity contribution in [3.05, 3.63) is 45.5 Å². The molecule has 0 bridgehead atoms. The number of nitro benzene ring substituents is 1. The number of thiazole rings is 1. The second-order valence-corrected chi connectivity index (χ2v) is 7.12. The van der Waals surface area contributed by atoms with Gasteiger partial charge in [0.15, 0.2) is 0 Å². The number of carboxylic acid groups (broad SMARTS) is 1. The number of hydrogen-bond donors (Lipinski definition) is 1. The smallest absolute Gasteiger partial charge is 0.308 e. The molecule has 2 aromatic rings. The van der Waals surface area contributed by atoms with E-state index in [1.54, 1.807) is 22.4 Å². The third-order valence-corrected chi connectivity index (χ3v) is 5.43. The Bertz CT molecular complexity index is 848. The third kappa shape index (κ3) is 3.57. The molecule has 1 fully saturated rings. The number of nitro groups is 1. The Hall–Kier alpha value is -2.81. The summed E-state index contributed by atoms with van der Waals surface area (Å²) in [5.74, 6) is -1.73. The van der Waals surface area contributed by atoms with E-state index < -0.39 is 16.8 Å². The van der Waals surface area contributed by atoms with Gasteiger partial charge in [0.25, 0.3) is 11.6 Å². The first-order chi connectivity index (χ1) is 12.4. The molecule has 1 aliphatic heterocycles. The van der Waals surface area contributed by atoms with E-state index >= 15 is 0 Å². The number of nitrogens with zero attached hydrogens (tertiary/aromatic N) is 3. The van der Waals surface area contributed by atoms with Gasteiger partial charge in [-0.2, -0.15) is 0 Å². The lowest BCUT2D eigenvalue weighted by molar-refractivity contribution is -0.384. The molecule has 0 saturated carbocycles. The lowest BCUT2D eigenvalue weighted by Crippen LogP contribution is -2.47. The van der Waals surface area contributed by atoms with Crippen LogP contribution in [0.1, 0.15) is 30.3 Å². The minimum atomic E-state index is -0.889. The predicted molar refractivity (Wildman–Crippen MR) is 95.1 cm³/mol. The van der Waals surface area contributed by atoms with Gasteiger partial charge in [0.2, 0.25) is 0 Å². The van der Waals surface area contributed by atoms with Gasteiger partial charge < -0.3 is 10.0 Å². The molecule has 0 aliphatic carbocycles. The highest BCUT2D eigenvalue weighted by molar-refractivity contribution is 7.13. The summed E-state index contributed by atoms with van der Waals surface area (Å²) in [6.45, 7) is 2.08. The van der Waals surface area contributed by atoms with Crippen LogP contribution in [-0.4, -0.2) is 44.4 Å². The van der Waals surface area contributed by atoms with Gasteiger partial charge in [0.1, 0.15) is 10.7 Å². The first-order valence-electron chi connectivity index (χ1n) is 8.11. The Morgan fingerprint density at radius 3 is 2.62 bits per heavy atom. The fraction of sp³-hybridized carbons (Fsp3) is 0.353. The quantitative estimate of drug-likeness (QED) is 0.649. The zero-order valence-electron chi connectivity index (χ0n) is 14.0. The van der Waals surface area contributed by atoms with Gasteiger partial charge in [-0.15, -0.1) is 11.3 Å². The second kappa shape index (κ2) is 7.20. The lowest BCUT2D eigenvalue weighted by Gasteiger charge is -2.36. The number of piperidine rings is 1. The molecule has 1 saturated heterocycles. The van der Waals surface area contributed by atoms with Crippen molar-refractivity contribution in [2.24, 2.45) is 5.92 Å². The number of aliphatic carboxylic acids is 1. The van der Waals surface area contributed by atoms with E-state index in [0.717, 1.165) is 0 Å². The molecule has 2 unspecified atom stereocenters. The summed E-state index contributed by atoms with van der Waals surface area (Å²) in [7, 11) is 0. The summed E-state index contributed by atoms with van der Waals surface area (Å²) in [4.78, 5) is 40.1. The fourth-order valence-electron chi connectivity index (χ4n) is 2.97. The Morgan fingerprint density at radius 2 is 2.00 bits per heavy atom. The van der Waals surface area contributed by atoms with Crippen molar-refractivity contribution >= 4 is 28.9 Å². The van der Waals surface area contributed by atoms with Crippen LogP contribution in [-0.2, 0) is 4.79 Å². The Kier molecular flexibility index (Phi) is 4.99. The molecule has 3 rings (SSSR count). The van der Waals surface area contributed by atoms with E-state index in [9.17, 15) is 24.8 Å². The molecule has 1 aromatic heterocycles. The highest BCUT2D eigenvalue weighted by atomic mass is 32.1. The van der Waals surface area contributed by atoms with Crippen LogP contribution in [0.2, 0.25) is 0 Å². The predicted octanol–water partition coefficient (Wildman–Crippen LogP) is 3.04. The van der Waals surface area contributed by atoms with Crippen molar-refractivity contribution in [3.63, 3.8) is 0 Å². The molecule has 0 radical (unpaired) electrons. The summed E-state index contributed by atoms with van der Waals surface area (Å²) in [5, 5.41) is 22.2. The molecular formula is C17H17N3O5S. The number of benzene rings is 1. The summed E-state index contributed by atoms with van der Waals surface area (Å²) in [6.07, 6.45) is 1.20. The van der Waals surface area contributed by atoms with E-state index in [4.69, 9.17) is 0 Å². The molecule has 2 heterocycles. The Morgan fingerprint density at radius 1 is 1.31 bits per heavy atom. The maximum atomic E-state index is 12.8. The van der Waals surface area contributed by atoms with Crippen molar-refractivity contribution in [1.82, 2.24) is 9.88 Å². The first-order valence-corrected chi connectivity index (χ1v) is 8.99. The minimum Gasteiger partial charge on any atom is -0.481 e. The van der Waals surface area contributed by atoms with Crippen LogP contribution < -0.4 is 0 Å². The molecule has 1 amide bonds. The summed E-state index contributed by atoms with van der Waals surface area (Å²) in [5.41, 5.74) is 0.944. The molecule has 9 heteroatoms. The van der Waals surface area contributed by atoms with Crippen LogP contribution in [0, 0.1) is 16.0 Å². The minimum absolute atomic E-state index is 0.0107. The number of non-ortho nitro benzene ring substituents is 1. The molecule has 1 aromatic carbocycles. The largest absolute Gasteiger partial charge is 0.481 e. The number of hydrogen-bond acceptors (Lipinski definition) is 6. The van der Waals surface area contributed by atoms with Gasteiger partial charge in [0, 0.05) is 35.7 Å². The molecule has 136 valence electrons. The van der Waals surface area contributed by atoms with Gasteiger partial charge in [0.05, 0.1) is 10.8 Å². The van der Waals surface area contributed by atoms with E-state index in [1.165, 1.54) is 23.5 Å². The molecule has 8 nitrogen and oxygen atoms in total. The summed E-state index contributed by atoms with van der Waals surface area (Å²) < 4.78 is 0. The average molecular weight is 375 g/mol. The molecule has 0 spiro atoms. The van der Waals surface area contributed by atoms with Crippen LogP contribution >= 0.6 is 11.3 Å². The third-order valence-electron chi connectivity index (χ3n) is 4.54. The number of carbonyl (C=O) groups is 2. The molecule has 1 N–H and O–H groups in total. The lowest BCUT2D eigenvalue weighted by atomic mass is 9.93. The number of aromatic nitrogens is 1. The van der Waals surface area contributed by atoms with Gasteiger partial charge in [-0.3, -0.25) is 19.7 Å². The van der Waals surface area contributed by atoms with E-state index in [-0.39, 0.29) is 29.9 Å². The standard InChI is InChI=1S/C17H17N3O5S/c1-10-2-3-12(17(22)23)8-19(10)16(21)14-9-26-15(18-14)11-4-6-13(7-5-11)20(24)25/h4-7,9-10,12H,2-3,8H2,1H3,(H,22,23). The van der Waals surface area contributed by atoms with Crippen molar-refractivity contribution in [3.8, 4) is 10.6 Å². The average Bonchev–Trinajstić information content (AvgIpc) is 3.11. The fourth-order valence-corrected chi connectivity index (χ4v) is 3.77. The molecule has 1 aliphatic rings. The monoisotopic (exact) mass is 375 g/mol. The molecule has 2 atom stereocenters. The summed E-state index contributed by atoms with van der Waals surface area (Å²) in [6, 6.07) is 5.93. The van der Waals surface area contributed by atoms with Crippen LogP contribution in [0.25, 0.3) is 10.6 Å². The highest BCUT2D eigenvalue weighted by Gasteiger charge is 2.33. The van der Waals surface area contributed by atoms with Crippen molar-refractivity contribution in [1.29, 1.82) is 0 Å². The maximum absolute atomic E-state index is 12.8. The van der Waals surface area contributed by atoms with Gasteiger partial charge in [-0.05, 0) is 31.9 Å². The zero-order valence-corrected chi connectivity index (χ0v) is 14.8. The van der Waals surface area contributed by atoms with Crippen molar-refractivity contribution in [2.75, 3.05) is 6.54 Å². The van der Waals surface area contributed by atoms with Gasteiger partial charge >= 0.3 is 5.97 Å². The number of likely N-dealkylation sites (tertiary alicyclic amines) is 1. The number of rotatable bonds is 4.